The minimum absolute atomic E-state index is 0.149. The van der Waals surface area contributed by atoms with Crippen LogP contribution in [0.2, 0.25) is 0 Å². The SMILES string of the molecule is O=C(CCN1CCOCC1)Nc1cc(Nc2cc(-c3ccco3)[nH]n2)nc(/C=C/c2ccc(F)cc2)n1. The fourth-order valence-electron chi connectivity index (χ4n) is 3.78. The van der Waals surface area contributed by atoms with Crippen LogP contribution in [0.1, 0.15) is 17.8 Å². The molecule has 1 aromatic carbocycles. The number of anilines is 3. The highest BCUT2D eigenvalue weighted by Gasteiger charge is 2.14. The Balaban J connectivity index is 1.32. The molecule has 3 N–H and O–H groups in total. The van der Waals surface area contributed by atoms with Gasteiger partial charge in [0, 0.05) is 38.2 Å². The van der Waals surface area contributed by atoms with Gasteiger partial charge in [0.15, 0.2) is 17.4 Å². The highest BCUT2D eigenvalue weighted by Crippen LogP contribution is 2.23. The predicted octanol–water partition coefficient (Wildman–Crippen LogP) is 4.17. The van der Waals surface area contributed by atoms with Gasteiger partial charge in [-0.15, -0.1) is 0 Å². The lowest BCUT2D eigenvalue weighted by atomic mass is 10.2. The molecule has 0 aliphatic carbocycles. The smallest absolute Gasteiger partial charge is 0.226 e. The van der Waals surface area contributed by atoms with Gasteiger partial charge in [0.25, 0.3) is 0 Å². The first-order valence-corrected chi connectivity index (χ1v) is 11.9. The van der Waals surface area contributed by atoms with Gasteiger partial charge >= 0.3 is 0 Å². The van der Waals surface area contributed by atoms with Crippen LogP contribution in [0.15, 0.2) is 59.2 Å². The highest BCUT2D eigenvalue weighted by molar-refractivity contribution is 5.90. The summed E-state index contributed by atoms with van der Waals surface area (Å²) in [4.78, 5) is 23.8. The maximum absolute atomic E-state index is 13.2. The zero-order chi connectivity index (χ0) is 25.5. The van der Waals surface area contributed by atoms with E-state index in [0.717, 1.165) is 18.7 Å². The summed E-state index contributed by atoms with van der Waals surface area (Å²) in [7, 11) is 0. The number of ether oxygens (including phenoxy) is 1. The molecule has 0 saturated carbocycles. The summed E-state index contributed by atoms with van der Waals surface area (Å²) in [6.45, 7) is 3.64. The molecular weight excluding hydrogens is 477 g/mol. The number of H-pyrrole nitrogens is 1. The molecule has 37 heavy (non-hydrogen) atoms. The molecule has 190 valence electrons. The van der Waals surface area contributed by atoms with Crippen LogP contribution in [0, 0.1) is 5.82 Å². The largest absolute Gasteiger partial charge is 0.463 e. The monoisotopic (exact) mass is 503 g/mol. The second-order valence-corrected chi connectivity index (χ2v) is 8.40. The van der Waals surface area contributed by atoms with Crippen molar-refractivity contribution in [1.82, 2.24) is 25.1 Å². The van der Waals surface area contributed by atoms with Gasteiger partial charge in [-0.25, -0.2) is 14.4 Å². The van der Waals surface area contributed by atoms with Crippen molar-refractivity contribution in [2.24, 2.45) is 0 Å². The van der Waals surface area contributed by atoms with Crippen molar-refractivity contribution < 1.29 is 18.3 Å². The van der Waals surface area contributed by atoms with Crippen molar-refractivity contribution >= 4 is 35.5 Å². The maximum Gasteiger partial charge on any atom is 0.226 e. The van der Waals surface area contributed by atoms with E-state index in [9.17, 15) is 9.18 Å². The molecule has 10 nitrogen and oxygen atoms in total. The minimum atomic E-state index is -0.311. The third kappa shape index (κ3) is 6.87. The van der Waals surface area contributed by atoms with Crippen LogP contribution in [0.3, 0.4) is 0 Å². The first kappa shape index (κ1) is 24.3. The second kappa shape index (κ2) is 11.6. The molecule has 1 aliphatic heterocycles. The van der Waals surface area contributed by atoms with Crippen LogP contribution < -0.4 is 10.6 Å². The Bertz CT molecular complexity index is 1350. The molecule has 1 aliphatic rings. The molecule has 1 fully saturated rings. The van der Waals surface area contributed by atoms with Gasteiger partial charge in [-0.05, 0) is 35.9 Å². The van der Waals surface area contributed by atoms with Crippen LogP contribution >= 0.6 is 0 Å². The van der Waals surface area contributed by atoms with E-state index in [0.29, 0.717) is 60.9 Å². The third-order valence-corrected chi connectivity index (χ3v) is 5.69. The average Bonchev–Trinajstić information content (AvgIpc) is 3.60. The summed E-state index contributed by atoms with van der Waals surface area (Å²) >= 11 is 0. The van der Waals surface area contributed by atoms with Crippen molar-refractivity contribution in [1.29, 1.82) is 0 Å². The summed E-state index contributed by atoms with van der Waals surface area (Å²) in [6.07, 6.45) is 5.38. The number of nitrogens with zero attached hydrogens (tertiary/aromatic N) is 4. The number of rotatable bonds is 9. The molecule has 1 saturated heterocycles. The fourth-order valence-corrected chi connectivity index (χ4v) is 3.78. The lowest BCUT2D eigenvalue weighted by Crippen LogP contribution is -2.38. The zero-order valence-electron chi connectivity index (χ0n) is 20.0. The van der Waals surface area contributed by atoms with Gasteiger partial charge < -0.3 is 19.8 Å². The summed E-state index contributed by atoms with van der Waals surface area (Å²) in [5, 5.41) is 13.2. The van der Waals surface area contributed by atoms with E-state index in [4.69, 9.17) is 9.15 Å². The van der Waals surface area contributed by atoms with Gasteiger partial charge in [0.2, 0.25) is 5.91 Å². The van der Waals surface area contributed by atoms with Crippen molar-refractivity contribution in [3.63, 3.8) is 0 Å². The van der Waals surface area contributed by atoms with E-state index < -0.39 is 0 Å². The van der Waals surface area contributed by atoms with E-state index in [2.05, 4.69) is 35.7 Å². The highest BCUT2D eigenvalue weighted by atomic mass is 19.1. The molecule has 0 spiro atoms. The van der Waals surface area contributed by atoms with Crippen LogP contribution in [0.5, 0.6) is 0 Å². The summed E-state index contributed by atoms with van der Waals surface area (Å²) < 4.78 is 24.0. The van der Waals surface area contributed by atoms with Crippen LogP contribution in [0.25, 0.3) is 23.6 Å². The van der Waals surface area contributed by atoms with Crippen molar-refractivity contribution in [2.45, 2.75) is 6.42 Å². The van der Waals surface area contributed by atoms with E-state index in [1.807, 2.05) is 6.07 Å². The first-order chi connectivity index (χ1) is 18.1. The van der Waals surface area contributed by atoms with E-state index in [1.165, 1.54) is 12.1 Å². The average molecular weight is 504 g/mol. The number of amides is 1. The number of aromatic amines is 1. The van der Waals surface area contributed by atoms with E-state index in [-0.39, 0.29) is 11.7 Å². The Labute approximate surface area is 212 Å². The van der Waals surface area contributed by atoms with Gasteiger partial charge in [-0.1, -0.05) is 18.2 Å². The standard InChI is InChI=1S/C26H26FN7O3/c27-19-6-3-18(4-7-19)5-8-22-28-23(30-25-16-20(32-33-25)21-2-1-13-37-21)17-24(29-22)31-26(35)9-10-34-11-14-36-15-12-34/h1-8,13,16-17H,9-12,14-15H2,(H3,28,29,30,31,32,33,35)/b8-5+. The Morgan fingerprint density at radius 1 is 1.05 bits per heavy atom. The molecule has 0 radical (unpaired) electrons. The number of hydrogen-bond acceptors (Lipinski definition) is 8. The van der Waals surface area contributed by atoms with Crippen LogP contribution in [0.4, 0.5) is 21.8 Å². The molecular formula is C26H26FN7O3. The molecule has 0 unspecified atom stereocenters. The van der Waals surface area contributed by atoms with Gasteiger partial charge in [-0.3, -0.25) is 14.8 Å². The number of morpholine rings is 1. The maximum atomic E-state index is 13.2. The topological polar surface area (TPSA) is 121 Å². The van der Waals surface area contributed by atoms with Gasteiger partial charge in [0.1, 0.15) is 23.1 Å². The fraction of sp³-hybridized carbons (Fsp3) is 0.231. The number of aromatic nitrogens is 4. The number of nitrogens with one attached hydrogen (secondary N) is 3. The van der Waals surface area contributed by atoms with Crippen LogP contribution in [-0.4, -0.2) is 63.8 Å². The van der Waals surface area contributed by atoms with E-state index >= 15 is 0 Å². The molecule has 11 heteroatoms. The molecule has 0 atom stereocenters. The number of furan rings is 1. The first-order valence-electron chi connectivity index (χ1n) is 11.9. The lowest BCUT2D eigenvalue weighted by Gasteiger charge is -2.26. The lowest BCUT2D eigenvalue weighted by molar-refractivity contribution is -0.116. The molecule has 4 aromatic rings. The van der Waals surface area contributed by atoms with Crippen molar-refractivity contribution in [3.05, 3.63) is 72.0 Å². The zero-order valence-corrected chi connectivity index (χ0v) is 20.0. The minimum Gasteiger partial charge on any atom is -0.463 e. The number of halogens is 1. The van der Waals surface area contributed by atoms with Gasteiger partial charge in [-0.2, -0.15) is 5.10 Å². The molecule has 0 bridgehead atoms. The Morgan fingerprint density at radius 2 is 1.86 bits per heavy atom. The van der Waals surface area contributed by atoms with Crippen molar-refractivity contribution in [2.75, 3.05) is 43.5 Å². The van der Waals surface area contributed by atoms with Crippen molar-refractivity contribution in [3.8, 4) is 11.5 Å². The summed E-state index contributed by atoms with van der Waals surface area (Å²) in [5.74, 6) is 1.86. The van der Waals surface area contributed by atoms with Crippen LogP contribution in [-0.2, 0) is 9.53 Å². The quantitative estimate of drug-likeness (QED) is 0.311. The second-order valence-electron chi connectivity index (χ2n) is 8.40. The Morgan fingerprint density at radius 3 is 2.65 bits per heavy atom. The van der Waals surface area contributed by atoms with Gasteiger partial charge in [0.05, 0.1) is 19.5 Å². The molecule has 3 aromatic heterocycles. The molecule has 4 heterocycles. The third-order valence-electron chi connectivity index (χ3n) is 5.69. The summed E-state index contributed by atoms with van der Waals surface area (Å²) in [5.41, 5.74) is 1.49. The Kier molecular flexibility index (Phi) is 7.63. The summed E-state index contributed by atoms with van der Waals surface area (Å²) in [6, 6.07) is 13.1. The van der Waals surface area contributed by atoms with E-state index in [1.54, 1.807) is 48.7 Å². The Hall–Kier alpha value is -4.35. The molecule has 5 rings (SSSR count). The molecule has 1 amide bonds. The number of carbonyl (C=O) groups excluding carboxylic acids is 1. The number of hydrogen-bond donors (Lipinski definition) is 3. The number of carbonyl (C=O) groups is 1. The number of benzene rings is 1. The predicted molar refractivity (Wildman–Crippen MR) is 137 cm³/mol. The normalized spacial score (nSPS) is 14.2.